The molecule has 0 unspecified atom stereocenters. The maximum absolute atomic E-state index is 5.74. The van der Waals surface area contributed by atoms with E-state index in [0.29, 0.717) is 13.2 Å². The minimum atomic E-state index is -0.377. The Morgan fingerprint density at radius 2 is 2.00 bits per heavy atom. The standard InChI is InChI=1S/C7H11NO/c1-2-7(8)3-5-9-6-4-7/h1H,3-6,8H2. The van der Waals surface area contributed by atoms with Crippen molar-refractivity contribution in [2.24, 2.45) is 5.73 Å². The minimum absolute atomic E-state index is 0.377. The van der Waals surface area contributed by atoms with E-state index < -0.39 is 0 Å². The zero-order valence-electron chi connectivity index (χ0n) is 5.39. The molecule has 0 radical (unpaired) electrons. The second-order valence-electron chi connectivity index (χ2n) is 2.41. The molecule has 0 aromatic carbocycles. The molecule has 0 spiro atoms. The van der Waals surface area contributed by atoms with E-state index in [1.807, 2.05) is 0 Å². The van der Waals surface area contributed by atoms with Crippen molar-refractivity contribution in [1.82, 2.24) is 0 Å². The Hall–Kier alpha value is -0.520. The van der Waals surface area contributed by atoms with Crippen molar-refractivity contribution in [2.45, 2.75) is 18.4 Å². The number of hydrogen-bond acceptors (Lipinski definition) is 2. The lowest BCUT2D eigenvalue weighted by Gasteiger charge is -2.27. The van der Waals surface area contributed by atoms with Crippen molar-refractivity contribution in [3.05, 3.63) is 0 Å². The predicted molar refractivity (Wildman–Crippen MR) is 35.8 cm³/mol. The minimum Gasteiger partial charge on any atom is -0.381 e. The van der Waals surface area contributed by atoms with Crippen LogP contribution in [-0.4, -0.2) is 18.8 Å². The summed E-state index contributed by atoms with van der Waals surface area (Å²) in [5, 5.41) is 0. The van der Waals surface area contributed by atoms with Gasteiger partial charge in [-0.05, 0) is 0 Å². The quantitative estimate of drug-likeness (QED) is 0.467. The molecule has 0 saturated carbocycles. The van der Waals surface area contributed by atoms with Gasteiger partial charge in [-0.15, -0.1) is 6.42 Å². The van der Waals surface area contributed by atoms with Crippen molar-refractivity contribution in [2.75, 3.05) is 13.2 Å². The zero-order valence-corrected chi connectivity index (χ0v) is 5.39. The lowest BCUT2D eigenvalue weighted by Crippen LogP contribution is -2.43. The van der Waals surface area contributed by atoms with Gasteiger partial charge in [-0.25, -0.2) is 0 Å². The smallest absolute Gasteiger partial charge is 0.0817 e. The molecule has 2 nitrogen and oxygen atoms in total. The maximum Gasteiger partial charge on any atom is 0.0817 e. The average molecular weight is 125 g/mol. The SMILES string of the molecule is C#CC1(N)CCOCC1. The Labute approximate surface area is 55.4 Å². The Balaban J connectivity index is 2.49. The van der Waals surface area contributed by atoms with Crippen LogP contribution in [0.25, 0.3) is 0 Å². The summed E-state index contributed by atoms with van der Waals surface area (Å²) in [5.41, 5.74) is 5.37. The molecule has 1 fully saturated rings. The van der Waals surface area contributed by atoms with E-state index in [1.54, 1.807) is 0 Å². The lowest BCUT2D eigenvalue weighted by molar-refractivity contribution is 0.0706. The molecule has 0 aliphatic carbocycles. The highest BCUT2D eigenvalue weighted by Gasteiger charge is 2.24. The van der Waals surface area contributed by atoms with Gasteiger partial charge in [0, 0.05) is 26.1 Å². The first-order chi connectivity index (χ1) is 4.27. The average Bonchev–Trinajstić information content (AvgIpc) is 1.90. The van der Waals surface area contributed by atoms with Gasteiger partial charge in [0.15, 0.2) is 0 Å². The van der Waals surface area contributed by atoms with Crippen LogP contribution in [0, 0.1) is 12.3 Å². The highest BCUT2D eigenvalue weighted by Crippen LogP contribution is 2.15. The van der Waals surface area contributed by atoms with Crippen molar-refractivity contribution in [3.8, 4) is 12.3 Å². The molecule has 1 saturated heterocycles. The molecule has 1 rings (SSSR count). The number of terminal acetylenes is 1. The van der Waals surface area contributed by atoms with E-state index in [0.717, 1.165) is 12.8 Å². The van der Waals surface area contributed by atoms with Crippen LogP contribution in [0.3, 0.4) is 0 Å². The fourth-order valence-electron chi connectivity index (χ4n) is 0.880. The van der Waals surface area contributed by atoms with E-state index in [2.05, 4.69) is 5.92 Å². The van der Waals surface area contributed by atoms with Gasteiger partial charge >= 0.3 is 0 Å². The fraction of sp³-hybridized carbons (Fsp3) is 0.714. The van der Waals surface area contributed by atoms with E-state index in [4.69, 9.17) is 16.9 Å². The van der Waals surface area contributed by atoms with E-state index in [9.17, 15) is 0 Å². The van der Waals surface area contributed by atoms with Crippen LogP contribution in [0.1, 0.15) is 12.8 Å². The van der Waals surface area contributed by atoms with E-state index in [1.165, 1.54) is 0 Å². The summed E-state index contributed by atoms with van der Waals surface area (Å²) in [5.74, 6) is 2.58. The third-order valence-electron chi connectivity index (χ3n) is 1.67. The molecule has 2 heteroatoms. The molecule has 50 valence electrons. The van der Waals surface area contributed by atoms with Gasteiger partial charge in [0.05, 0.1) is 5.54 Å². The van der Waals surface area contributed by atoms with Gasteiger partial charge in [-0.1, -0.05) is 5.92 Å². The van der Waals surface area contributed by atoms with Crippen molar-refractivity contribution >= 4 is 0 Å². The molecule has 0 atom stereocenters. The highest BCUT2D eigenvalue weighted by atomic mass is 16.5. The zero-order chi connectivity index (χ0) is 6.74. The van der Waals surface area contributed by atoms with Gasteiger partial charge in [-0.2, -0.15) is 0 Å². The van der Waals surface area contributed by atoms with Gasteiger partial charge in [-0.3, -0.25) is 0 Å². The number of hydrogen-bond donors (Lipinski definition) is 1. The molecule has 0 amide bonds. The van der Waals surface area contributed by atoms with Crippen LogP contribution in [0.15, 0.2) is 0 Å². The second kappa shape index (κ2) is 2.38. The Morgan fingerprint density at radius 3 is 2.33 bits per heavy atom. The summed E-state index contributed by atoms with van der Waals surface area (Å²) < 4.78 is 5.09. The highest BCUT2D eigenvalue weighted by molar-refractivity contribution is 5.11. The summed E-state index contributed by atoms with van der Waals surface area (Å²) in [6.07, 6.45) is 6.80. The summed E-state index contributed by atoms with van der Waals surface area (Å²) >= 11 is 0. The molecular formula is C7H11NO. The molecule has 1 heterocycles. The van der Waals surface area contributed by atoms with Gasteiger partial charge in [0.1, 0.15) is 0 Å². The molecule has 0 aromatic heterocycles. The monoisotopic (exact) mass is 125 g/mol. The Morgan fingerprint density at radius 1 is 1.44 bits per heavy atom. The van der Waals surface area contributed by atoms with Crippen LogP contribution in [0.4, 0.5) is 0 Å². The largest absolute Gasteiger partial charge is 0.381 e. The molecule has 0 bridgehead atoms. The fourth-order valence-corrected chi connectivity index (χ4v) is 0.880. The molecule has 2 N–H and O–H groups in total. The predicted octanol–water partition coefficient (Wildman–Crippen LogP) is 0.127. The summed E-state index contributed by atoms with van der Waals surface area (Å²) in [7, 11) is 0. The van der Waals surface area contributed by atoms with Crippen LogP contribution in [-0.2, 0) is 4.74 Å². The van der Waals surface area contributed by atoms with Crippen LogP contribution < -0.4 is 5.73 Å². The third kappa shape index (κ3) is 1.44. The molecule has 1 aliphatic heterocycles. The number of rotatable bonds is 0. The van der Waals surface area contributed by atoms with Gasteiger partial charge in [0.2, 0.25) is 0 Å². The lowest BCUT2D eigenvalue weighted by atomic mass is 9.93. The first-order valence-electron chi connectivity index (χ1n) is 3.11. The second-order valence-corrected chi connectivity index (χ2v) is 2.41. The first-order valence-corrected chi connectivity index (χ1v) is 3.11. The number of ether oxygens (including phenoxy) is 1. The van der Waals surface area contributed by atoms with Crippen molar-refractivity contribution < 1.29 is 4.74 Å². The molecular weight excluding hydrogens is 114 g/mol. The summed E-state index contributed by atoms with van der Waals surface area (Å²) in [6.45, 7) is 1.42. The van der Waals surface area contributed by atoms with Crippen LogP contribution in [0.5, 0.6) is 0 Å². The Bertz CT molecular complexity index is 130. The maximum atomic E-state index is 5.74. The molecule has 1 aliphatic rings. The molecule has 0 aromatic rings. The first kappa shape index (κ1) is 6.60. The summed E-state index contributed by atoms with van der Waals surface area (Å²) in [4.78, 5) is 0. The number of nitrogens with two attached hydrogens (primary N) is 1. The molecule has 9 heavy (non-hydrogen) atoms. The van der Waals surface area contributed by atoms with Crippen molar-refractivity contribution in [3.63, 3.8) is 0 Å². The van der Waals surface area contributed by atoms with E-state index in [-0.39, 0.29) is 5.54 Å². The van der Waals surface area contributed by atoms with Crippen molar-refractivity contribution in [1.29, 1.82) is 0 Å². The normalized spacial score (nSPS) is 24.9. The Kier molecular flexibility index (Phi) is 1.75. The van der Waals surface area contributed by atoms with Crippen LogP contribution >= 0.6 is 0 Å². The third-order valence-corrected chi connectivity index (χ3v) is 1.67. The van der Waals surface area contributed by atoms with Crippen LogP contribution in [0.2, 0.25) is 0 Å². The van der Waals surface area contributed by atoms with Gasteiger partial charge < -0.3 is 10.5 Å². The summed E-state index contributed by atoms with van der Waals surface area (Å²) in [6, 6.07) is 0. The van der Waals surface area contributed by atoms with E-state index >= 15 is 0 Å². The van der Waals surface area contributed by atoms with Gasteiger partial charge in [0.25, 0.3) is 0 Å². The topological polar surface area (TPSA) is 35.2 Å².